The van der Waals surface area contributed by atoms with E-state index >= 15 is 0 Å². The van der Waals surface area contributed by atoms with Crippen LogP contribution >= 0.6 is 0 Å². The molecule has 0 aromatic carbocycles. The summed E-state index contributed by atoms with van der Waals surface area (Å²) in [5, 5.41) is 0. The van der Waals surface area contributed by atoms with Crippen molar-refractivity contribution >= 4 is 17.9 Å². The fraction of sp³-hybridized carbons (Fsp3) is 0.603. The third-order valence-corrected chi connectivity index (χ3v) is 10.2. The first-order chi connectivity index (χ1) is 31.5. The molecule has 0 saturated heterocycles. The van der Waals surface area contributed by atoms with Gasteiger partial charge in [0, 0.05) is 19.3 Å². The molecule has 0 heterocycles. The first-order valence-corrected chi connectivity index (χ1v) is 25.5. The third kappa shape index (κ3) is 48.8. The van der Waals surface area contributed by atoms with Crippen molar-refractivity contribution < 1.29 is 28.6 Å². The SMILES string of the molecule is CC/C=C\C/C=C\C/C=C\C/C=C\C/C=C\CCCCCCCCCC(=O)OCC(COC(=O)CCCCCCCC)OC(=O)CCC/C=C\C/C=C\C/C=C\C/C=C\C/C=C\CC. The highest BCUT2D eigenvalue weighted by Crippen LogP contribution is 2.12. The van der Waals surface area contributed by atoms with E-state index in [0.29, 0.717) is 19.3 Å². The lowest BCUT2D eigenvalue weighted by atomic mass is 10.1. The molecule has 0 aromatic rings. The molecule has 0 aromatic heterocycles. The first kappa shape index (κ1) is 59.8. The summed E-state index contributed by atoms with van der Waals surface area (Å²) < 4.78 is 16.6. The van der Waals surface area contributed by atoms with Crippen LogP contribution in [0, 0.1) is 0 Å². The van der Waals surface area contributed by atoms with Gasteiger partial charge in [0.05, 0.1) is 0 Å². The molecule has 6 heteroatoms. The Morgan fingerprint density at radius 3 is 1.00 bits per heavy atom. The average Bonchev–Trinajstić information content (AvgIpc) is 3.29. The molecule has 0 amide bonds. The Morgan fingerprint density at radius 1 is 0.328 bits per heavy atom. The van der Waals surface area contributed by atoms with Crippen LogP contribution < -0.4 is 0 Å². The number of hydrogen-bond donors (Lipinski definition) is 0. The summed E-state index contributed by atoms with van der Waals surface area (Å²) >= 11 is 0. The molecular weight excluding hydrogens is 793 g/mol. The molecule has 0 radical (unpaired) electrons. The van der Waals surface area contributed by atoms with Gasteiger partial charge in [0.2, 0.25) is 0 Å². The van der Waals surface area contributed by atoms with Crippen molar-refractivity contribution in [3.8, 4) is 0 Å². The number of carbonyl (C=O) groups excluding carboxylic acids is 3. The predicted octanol–water partition coefficient (Wildman–Crippen LogP) is 16.9. The minimum atomic E-state index is -0.812. The molecule has 64 heavy (non-hydrogen) atoms. The van der Waals surface area contributed by atoms with E-state index in [1.807, 2.05) is 0 Å². The lowest BCUT2D eigenvalue weighted by Crippen LogP contribution is -2.30. The second kappa shape index (κ2) is 51.4. The molecule has 0 N–H and O–H groups in total. The molecule has 0 bridgehead atoms. The first-order valence-electron chi connectivity index (χ1n) is 25.5. The normalized spacial score (nSPS) is 13.1. The van der Waals surface area contributed by atoms with Gasteiger partial charge in [-0.3, -0.25) is 14.4 Å². The maximum absolute atomic E-state index is 12.7. The Labute approximate surface area is 392 Å². The largest absolute Gasteiger partial charge is 0.462 e. The van der Waals surface area contributed by atoms with Gasteiger partial charge >= 0.3 is 17.9 Å². The summed E-state index contributed by atoms with van der Waals surface area (Å²) in [6, 6.07) is 0. The van der Waals surface area contributed by atoms with Crippen LogP contribution in [0.3, 0.4) is 0 Å². The van der Waals surface area contributed by atoms with E-state index in [0.717, 1.165) is 116 Å². The highest BCUT2D eigenvalue weighted by molar-refractivity contribution is 5.71. The molecule has 0 aliphatic carbocycles. The highest BCUT2D eigenvalue weighted by Gasteiger charge is 2.19. The molecule has 0 aliphatic rings. The molecular formula is C58H92O6. The van der Waals surface area contributed by atoms with Gasteiger partial charge in [0.1, 0.15) is 13.2 Å². The lowest BCUT2D eigenvalue weighted by Gasteiger charge is -2.18. The number of esters is 3. The smallest absolute Gasteiger partial charge is 0.306 e. The van der Waals surface area contributed by atoms with Crippen molar-refractivity contribution in [1.82, 2.24) is 0 Å². The Bertz CT molecular complexity index is 1390. The molecule has 0 aliphatic heterocycles. The molecule has 0 rings (SSSR count). The van der Waals surface area contributed by atoms with E-state index < -0.39 is 6.10 Å². The van der Waals surface area contributed by atoms with Gasteiger partial charge < -0.3 is 14.2 Å². The number of ether oxygens (including phenoxy) is 3. The number of rotatable bonds is 44. The molecule has 0 spiro atoms. The summed E-state index contributed by atoms with van der Waals surface area (Å²) in [6.07, 6.45) is 70.7. The minimum Gasteiger partial charge on any atom is -0.462 e. The zero-order chi connectivity index (χ0) is 46.5. The Balaban J connectivity index is 4.32. The van der Waals surface area contributed by atoms with Crippen LogP contribution in [0.1, 0.15) is 207 Å². The summed E-state index contributed by atoms with van der Waals surface area (Å²) in [5.41, 5.74) is 0. The van der Waals surface area contributed by atoms with Crippen molar-refractivity contribution in [2.24, 2.45) is 0 Å². The van der Waals surface area contributed by atoms with Crippen LogP contribution in [-0.2, 0) is 28.6 Å². The lowest BCUT2D eigenvalue weighted by molar-refractivity contribution is -0.167. The van der Waals surface area contributed by atoms with Crippen molar-refractivity contribution in [2.75, 3.05) is 13.2 Å². The average molecular weight is 885 g/mol. The van der Waals surface area contributed by atoms with E-state index in [2.05, 4.69) is 142 Å². The van der Waals surface area contributed by atoms with Crippen LogP contribution in [0.25, 0.3) is 0 Å². The van der Waals surface area contributed by atoms with E-state index in [9.17, 15) is 14.4 Å². The number of carbonyl (C=O) groups is 3. The number of allylic oxidation sites excluding steroid dienone is 20. The molecule has 6 nitrogen and oxygen atoms in total. The standard InChI is InChI=1S/C58H92O6/c1-4-7-10-13-16-18-20-22-24-26-27-28-29-30-31-33-34-36-38-40-42-45-48-51-57(60)63-54-55(53-62-56(59)50-47-44-15-12-9-6-3)64-58(61)52-49-46-43-41-39-37-35-32-25-23-21-19-17-14-11-8-5-2/h7-8,10-11,16-19,22-25,27-28,30-31,35,37,41,43,55H,4-6,9,12-15,20-21,26,29,32-34,36,38-40,42,44-54H2,1-3H3/b10-7-,11-8-,18-16-,19-17-,24-22-,25-23-,28-27-,31-30-,37-35-,43-41-. The second-order valence-electron chi connectivity index (χ2n) is 16.3. The number of unbranched alkanes of at least 4 members (excludes halogenated alkanes) is 13. The van der Waals surface area contributed by atoms with Crippen molar-refractivity contribution in [3.05, 3.63) is 122 Å². The van der Waals surface area contributed by atoms with Gasteiger partial charge in [-0.25, -0.2) is 0 Å². The Morgan fingerprint density at radius 2 is 0.625 bits per heavy atom. The summed E-state index contributed by atoms with van der Waals surface area (Å²) in [4.78, 5) is 37.7. The van der Waals surface area contributed by atoms with Gasteiger partial charge in [0.25, 0.3) is 0 Å². The zero-order valence-electron chi connectivity index (χ0n) is 41.0. The Kier molecular flexibility index (Phi) is 48.1. The zero-order valence-corrected chi connectivity index (χ0v) is 41.0. The fourth-order valence-electron chi connectivity index (χ4n) is 6.44. The van der Waals surface area contributed by atoms with Gasteiger partial charge in [0.15, 0.2) is 6.10 Å². The molecule has 1 atom stereocenters. The molecule has 360 valence electrons. The summed E-state index contributed by atoms with van der Waals surface area (Å²) in [7, 11) is 0. The topological polar surface area (TPSA) is 78.9 Å². The minimum absolute atomic E-state index is 0.108. The van der Waals surface area contributed by atoms with Gasteiger partial charge in [-0.05, 0) is 103 Å². The maximum Gasteiger partial charge on any atom is 0.306 e. The summed E-state index contributed by atoms with van der Waals surface area (Å²) in [5.74, 6) is -0.997. The van der Waals surface area contributed by atoms with Crippen LogP contribution in [0.4, 0.5) is 0 Å². The van der Waals surface area contributed by atoms with Crippen molar-refractivity contribution in [1.29, 1.82) is 0 Å². The monoisotopic (exact) mass is 885 g/mol. The second-order valence-corrected chi connectivity index (χ2v) is 16.3. The van der Waals surface area contributed by atoms with Gasteiger partial charge in [-0.1, -0.05) is 206 Å². The fourth-order valence-corrected chi connectivity index (χ4v) is 6.44. The third-order valence-electron chi connectivity index (χ3n) is 10.2. The highest BCUT2D eigenvalue weighted by atomic mass is 16.6. The molecule has 0 fully saturated rings. The van der Waals surface area contributed by atoms with E-state index in [1.54, 1.807) is 0 Å². The van der Waals surface area contributed by atoms with Crippen LogP contribution in [0.15, 0.2) is 122 Å². The van der Waals surface area contributed by atoms with Crippen molar-refractivity contribution in [3.63, 3.8) is 0 Å². The molecule has 0 saturated carbocycles. The summed E-state index contributed by atoms with van der Waals surface area (Å²) in [6.45, 7) is 6.27. The van der Waals surface area contributed by atoms with E-state index in [1.165, 1.54) is 44.9 Å². The van der Waals surface area contributed by atoms with Crippen LogP contribution in [0.2, 0.25) is 0 Å². The number of hydrogen-bond acceptors (Lipinski definition) is 6. The predicted molar refractivity (Wildman–Crippen MR) is 274 cm³/mol. The van der Waals surface area contributed by atoms with Crippen LogP contribution in [-0.4, -0.2) is 37.2 Å². The van der Waals surface area contributed by atoms with Gasteiger partial charge in [-0.15, -0.1) is 0 Å². The van der Waals surface area contributed by atoms with E-state index in [4.69, 9.17) is 14.2 Å². The maximum atomic E-state index is 12.7. The Hall–Kier alpha value is -4.19. The molecule has 1 unspecified atom stereocenters. The van der Waals surface area contributed by atoms with E-state index in [-0.39, 0.29) is 37.5 Å². The quantitative estimate of drug-likeness (QED) is 0.0262. The van der Waals surface area contributed by atoms with Gasteiger partial charge in [-0.2, -0.15) is 0 Å². The van der Waals surface area contributed by atoms with Crippen molar-refractivity contribution in [2.45, 2.75) is 213 Å². The van der Waals surface area contributed by atoms with Crippen LogP contribution in [0.5, 0.6) is 0 Å².